The molecule has 0 fully saturated rings. The fourth-order valence-electron chi connectivity index (χ4n) is 0.0858. The molecule has 0 aliphatic rings. The highest BCUT2D eigenvalue weighted by Gasteiger charge is 2.11. The molecule has 1 nitrogen and oxygen atoms in total. The fourth-order valence-corrected chi connectivity index (χ4v) is 0.874. The van der Waals surface area contributed by atoms with Gasteiger partial charge >= 0.3 is 0 Å². The van der Waals surface area contributed by atoms with Crippen LogP contribution in [-0.2, 0) is 4.79 Å². The van der Waals surface area contributed by atoms with Crippen molar-refractivity contribution < 1.29 is 4.79 Å². The molecular formula is C6H6Br2ClI3O. The second-order valence-electron chi connectivity index (χ2n) is 1.71. The molecule has 7 heteroatoms. The minimum atomic E-state index is -0.497. The van der Waals surface area contributed by atoms with Crippen LogP contribution in [0.2, 0.25) is 0 Å². The Morgan fingerprint density at radius 3 is 1.77 bits per heavy atom. The molecule has 0 radical (unpaired) electrons. The normalized spacial score (nSPS) is 9.77. The first-order valence-corrected chi connectivity index (χ1v) is 8.18. The van der Waals surface area contributed by atoms with Crippen molar-refractivity contribution in [3.63, 3.8) is 0 Å². The summed E-state index contributed by atoms with van der Waals surface area (Å²) < 4.78 is 1.01. The molecular weight excluding hydrogens is 664 g/mol. The zero-order valence-electron chi connectivity index (χ0n) is 6.46. The molecule has 0 saturated heterocycles. The first-order chi connectivity index (χ1) is 5.69. The van der Waals surface area contributed by atoms with Crippen molar-refractivity contribution >= 4 is 116 Å². The Balaban J connectivity index is 0. The van der Waals surface area contributed by atoms with Crippen molar-refractivity contribution in [1.29, 1.82) is 0 Å². The lowest BCUT2D eigenvalue weighted by Crippen LogP contribution is -1.91. The molecule has 0 rings (SSSR count). The van der Waals surface area contributed by atoms with Gasteiger partial charge < -0.3 is 0 Å². The Kier molecular flexibility index (Phi) is 14.1. The van der Waals surface area contributed by atoms with Crippen molar-refractivity contribution in [2.24, 2.45) is 0 Å². The van der Waals surface area contributed by atoms with Crippen LogP contribution in [0.3, 0.4) is 0 Å². The lowest BCUT2D eigenvalue weighted by Gasteiger charge is -2.04. The lowest BCUT2D eigenvalue weighted by atomic mass is 10.6. The molecule has 0 aromatic carbocycles. The van der Waals surface area contributed by atoms with Gasteiger partial charge in [-0.3, -0.25) is 4.79 Å². The van der Waals surface area contributed by atoms with Crippen LogP contribution in [-0.4, -0.2) is 4.68 Å². The van der Waals surface area contributed by atoms with E-state index >= 15 is 0 Å². The van der Waals surface area contributed by atoms with Gasteiger partial charge in [0, 0.05) is 6.08 Å². The summed E-state index contributed by atoms with van der Waals surface area (Å²) in [6, 6.07) is 0. The predicted octanol–water partition coefficient (Wildman–Crippen LogP) is 5.74. The van der Waals surface area contributed by atoms with Gasteiger partial charge in [-0.2, -0.15) is 0 Å². The predicted molar refractivity (Wildman–Crippen MR) is 91.9 cm³/mol. The van der Waals surface area contributed by atoms with E-state index in [1.54, 1.807) is 0 Å². The van der Waals surface area contributed by atoms with Crippen molar-refractivity contribution in [3.8, 4) is 0 Å². The van der Waals surface area contributed by atoms with Gasteiger partial charge in [0.2, 0.25) is 5.24 Å². The van der Waals surface area contributed by atoms with Gasteiger partial charge in [0.1, 0.15) is -0.565 Å². The molecule has 0 N–H and O–H groups in total. The van der Waals surface area contributed by atoms with Gasteiger partial charge in [-0.15, -0.1) is 0 Å². The summed E-state index contributed by atoms with van der Waals surface area (Å²) in [7, 11) is 0. The zero-order valence-corrected chi connectivity index (χ0v) is 16.9. The number of allylic oxidation sites excluding steroid dienone is 1. The monoisotopic (exact) mass is 668 g/mol. The Morgan fingerprint density at radius 1 is 1.46 bits per heavy atom. The molecule has 0 aliphatic carbocycles. The summed E-state index contributed by atoms with van der Waals surface area (Å²) in [5, 5.41) is -0.497. The van der Waals surface area contributed by atoms with E-state index in [2.05, 4.69) is 107 Å². The van der Waals surface area contributed by atoms with Crippen LogP contribution >= 0.6 is 111 Å². The summed E-state index contributed by atoms with van der Waals surface area (Å²) in [6.07, 6.45) is 2.44. The average Bonchev–Trinajstić information content (AvgIpc) is 1.84. The highest BCUT2D eigenvalue weighted by molar-refractivity contribution is 14.3. The SMILES string of the molecule is CCC(I)(I)I.O=C(Cl)C=C(Br)Br. The van der Waals surface area contributed by atoms with E-state index in [4.69, 9.17) is 11.6 Å². The summed E-state index contributed by atoms with van der Waals surface area (Å²) >= 11 is 18.0. The van der Waals surface area contributed by atoms with Gasteiger partial charge in [-0.1, -0.05) is 74.7 Å². The molecule has 0 bridgehead atoms. The number of alkyl halides is 3. The zero-order chi connectivity index (χ0) is 11.1. The van der Waals surface area contributed by atoms with Crippen LogP contribution in [0, 0.1) is 0 Å². The van der Waals surface area contributed by atoms with Gasteiger partial charge in [0.15, 0.2) is 0 Å². The molecule has 0 amide bonds. The van der Waals surface area contributed by atoms with E-state index in [0.29, 0.717) is 2.83 Å². The number of carbonyl (C=O) groups excluding carboxylic acids is 1. The standard InChI is InChI=1S/C3HBr2ClO.C3H5I3/c4-2(5)1-3(6)7;1-2-3(4,5)6/h1H;2H2,1H3. The third-order valence-electron chi connectivity index (χ3n) is 0.623. The Bertz CT molecular complexity index is 187. The Morgan fingerprint density at radius 2 is 1.77 bits per heavy atom. The first kappa shape index (κ1) is 18.2. The van der Waals surface area contributed by atoms with Crippen LogP contribution in [0.15, 0.2) is 9.47 Å². The van der Waals surface area contributed by atoms with E-state index in [1.807, 2.05) is 0 Å². The highest BCUT2D eigenvalue weighted by Crippen LogP contribution is 2.38. The average molecular weight is 670 g/mol. The topological polar surface area (TPSA) is 17.1 Å². The molecule has 0 unspecified atom stereocenters. The molecule has 0 aromatic rings. The molecule has 13 heavy (non-hydrogen) atoms. The van der Waals surface area contributed by atoms with Crippen molar-refractivity contribution in [3.05, 3.63) is 9.47 Å². The summed E-state index contributed by atoms with van der Waals surface area (Å²) in [5.41, 5.74) is 0. The van der Waals surface area contributed by atoms with Gasteiger partial charge in [0.25, 0.3) is 0 Å². The van der Waals surface area contributed by atoms with E-state index < -0.39 is 5.24 Å². The number of hydrogen-bond acceptors (Lipinski definition) is 1. The maximum absolute atomic E-state index is 9.88. The number of hydrogen-bond donors (Lipinski definition) is 0. The van der Waals surface area contributed by atoms with Crippen LogP contribution < -0.4 is 0 Å². The molecule has 78 valence electrons. The molecule has 0 saturated carbocycles. The second kappa shape index (κ2) is 10.0. The molecule has 0 aliphatic heterocycles. The smallest absolute Gasteiger partial charge is 0.246 e. The molecule has 0 heterocycles. The molecule has 0 atom stereocenters. The highest BCUT2D eigenvalue weighted by atomic mass is 127. The Hall–Kier alpha value is 2.85. The third-order valence-corrected chi connectivity index (χ3v) is 3.48. The van der Waals surface area contributed by atoms with Crippen molar-refractivity contribution in [2.45, 2.75) is 12.8 Å². The molecule has 0 aromatic heterocycles. The van der Waals surface area contributed by atoms with E-state index in [-0.39, 0.29) is 0 Å². The summed E-state index contributed by atoms with van der Waals surface area (Å²) in [5.74, 6) is 0. The fraction of sp³-hybridized carbons (Fsp3) is 0.500. The summed E-state index contributed by atoms with van der Waals surface area (Å²) in [6.45, 7) is 2.19. The quantitative estimate of drug-likeness (QED) is 0.159. The van der Waals surface area contributed by atoms with Gasteiger partial charge in [-0.25, -0.2) is 0 Å². The lowest BCUT2D eigenvalue weighted by molar-refractivity contribution is -0.107. The van der Waals surface area contributed by atoms with E-state index in [9.17, 15) is 4.79 Å². The van der Waals surface area contributed by atoms with Crippen LogP contribution in [0.5, 0.6) is 0 Å². The van der Waals surface area contributed by atoms with Gasteiger partial charge in [-0.05, 0) is 49.9 Å². The number of halogens is 6. The third kappa shape index (κ3) is 25.3. The van der Waals surface area contributed by atoms with Crippen LogP contribution in [0.25, 0.3) is 0 Å². The molecule has 0 spiro atoms. The van der Waals surface area contributed by atoms with E-state index in [1.165, 1.54) is 12.5 Å². The Labute approximate surface area is 141 Å². The maximum Gasteiger partial charge on any atom is 0.246 e. The van der Waals surface area contributed by atoms with Crippen LogP contribution in [0.1, 0.15) is 13.3 Å². The largest absolute Gasteiger partial charge is 0.276 e. The summed E-state index contributed by atoms with van der Waals surface area (Å²) in [4.78, 5) is 9.88. The minimum absolute atomic E-state index is 0.452. The van der Waals surface area contributed by atoms with Crippen LogP contribution in [0.4, 0.5) is 0 Å². The first-order valence-electron chi connectivity index (χ1n) is 2.98. The van der Waals surface area contributed by atoms with Crippen molar-refractivity contribution in [2.75, 3.05) is 0 Å². The second-order valence-corrected chi connectivity index (χ2v) is 16.6. The van der Waals surface area contributed by atoms with Crippen molar-refractivity contribution in [1.82, 2.24) is 0 Å². The minimum Gasteiger partial charge on any atom is -0.276 e. The number of rotatable bonds is 2. The maximum atomic E-state index is 9.88. The van der Waals surface area contributed by atoms with Gasteiger partial charge in [0.05, 0.1) is 3.39 Å². The van der Waals surface area contributed by atoms with E-state index in [0.717, 1.165) is 0 Å². The number of carbonyl (C=O) groups is 1.